The summed E-state index contributed by atoms with van der Waals surface area (Å²) in [6, 6.07) is 8.48. The number of sulfonamides is 1. The summed E-state index contributed by atoms with van der Waals surface area (Å²) in [6.07, 6.45) is 2.99. The van der Waals surface area contributed by atoms with Crippen LogP contribution in [0.5, 0.6) is 0 Å². The molecule has 0 unspecified atom stereocenters. The Balaban J connectivity index is 1.27. The minimum Gasteiger partial charge on any atom is -0.480 e. The van der Waals surface area contributed by atoms with Crippen molar-refractivity contribution in [2.45, 2.75) is 37.1 Å². The average Bonchev–Trinajstić information content (AvgIpc) is 3.87. The molecule has 18 heteroatoms. The fourth-order valence-corrected chi connectivity index (χ4v) is 5.91. The van der Waals surface area contributed by atoms with Crippen LogP contribution in [0.1, 0.15) is 34.3 Å². The van der Waals surface area contributed by atoms with Gasteiger partial charge in [0, 0.05) is 43.2 Å². The van der Waals surface area contributed by atoms with Crippen LogP contribution in [0.3, 0.4) is 0 Å². The van der Waals surface area contributed by atoms with E-state index >= 15 is 8.78 Å². The number of hydrogen-bond donors (Lipinski definition) is 4. The number of nitriles is 1. The first-order valence-corrected chi connectivity index (χ1v) is 16.2. The number of pyridine rings is 1. The van der Waals surface area contributed by atoms with Crippen molar-refractivity contribution < 1.29 is 36.7 Å². The molecule has 2 aromatic carbocycles. The second-order valence-electron chi connectivity index (χ2n) is 11.5. The third-order valence-corrected chi connectivity index (χ3v) is 9.25. The molecular formula is C32H27F2N7O8S. The molecule has 0 bridgehead atoms. The Morgan fingerprint density at radius 1 is 1.08 bits per heavy atom. The largest absolute Gasteiger partial charge is 0.480 e. The van der Waals surface area contributed by atoms with Crippen molar-refractivity contribution in [3.05, 3.63) is 110 Å². The molecule has 258 valence electrons. The average molecular weight is 708 g/mol. The standard InChI is InChI=1S/C32H27F2N7O8S/c1-17-15-40(2)31(47)41(28(17)43)26-8-3-18(14-36-26)11-25(29(44)45)38-27(42)21-12-23(34)24(13-22(21)33)39-50(48,49)20-6-4-19(5-7-20)37-30(46)32(16-35)9-10-32/h3-8,12-15,25,39H,9-11H2,1-2H3,(H,37,46)(H,38,42)(H,44,45)/t25-/m0/s1. The lowest BCUT2D eigenvalue weighted by Crippen LogP contribution is -2.42. The summed E-state index contributed by atoms with van der Waals surface area (Å²) in [5, 5.41) is 23.5. The van der Waals surface area contributed by atoms with Gasteiger partial charge in [-0.05, 0) is 61.7 Å². The fourth-order valence-electron chi connectivity index (χ4n) is 4.85. The molecule has 1 aliphatic carbocycles. The summed E-state index contributed by atoms with van der Waals surface area (Å²) in [5.74, 6) is -6.12. The maximum absolute atomic E-state index is 15.0. The molecular weight excluding hydrogens is 680 g/mol. The Kier molecular flexibility index (Phi) is 9.37. The third kappa shape index (κ3) is 7.12. The first-order chi connectivity index (χ1) is 23.5. The zero-order chi connectivity index (χ0) is 36.5. The number of benzene rings is 2. The van der Waals surface area contributed by atoms with Gasteiger partial charge >= 0.3 is 11.7 Å². The van der Waals surface area contributed by atoms with Crippen LogP contribution in [0, 0.1) is 35.3 Å². The smallest absolute Gasteiger partial charge is 0.336 e. The molecule has 0 radical (unpaired) electrons. The maximum atomic E-state index is 15.0. The molecule has 15 nitrogen and oxygen atoms in total. The van der Waals surface area contributed by atoms with E-state index in [1.54, 1.807) is 0 Å². The summed E-state index contributed by atoms with van der Waals surface area (Å²) in [7, 11) is -3.04. The number of carboxylic acids is 1. The number of carbonyl (C=O) groups excluding carboxylic acids is 2. The normalized spacial score (nSPS) is 13.8. The number of carbonyl (C=O) groups is 3. The number of nitrogens with one attached hydrogen (secondary N) is 3. The molecule has 0 aliphatic heterocycles. The van der Waals surface area contributed by atoms with Crippen LogP contribution in [0.15, 0.2) is 75.4 Å². The van der Waals surface area contributed by atoms with Gasteiger partial charge in [-0.1, -0.05) is 6.07 Å². The summed E-state index contributed by atoms with van der Waals surface area (Å²) in [5.41, 5.74) is -3.39. The molecule has 2 amide bonds. The number of aliphatic carboxylic acids is 1. The van der Waals surface area contributed by atoms with E-state index in [4.69, 9.17) is 5.26 Å². The third-order valence-electron chi connectivity index (χ3n) is 7.87. The number of halogens is 2. The number of aromatic nitrogens is 3. The predicted molar refractivity (Wildman–Crippen MR) is 172 cm³/mol. The zero-order valence-corrected chi connectivity index (χ0v) is 27.0. The van der Waals surface area contributed by atoms with Gasteiger partial charge < -0.3 is 20.3 Å². The van der Waals surface area contributed by atoms with Crippen molar-refractivity contribution in [3.63, 3.8) is 0 Å². The maximum Gasteiger partial charge on any atom is 0.336 e. The lowest BCUT2D eigenvalue weighted by atomic mass is 10.1. The number of hydrogen-bond acceptors (Lipinski definition) is 9. The van der Waals surface area contributed by atoms with Gasteiger partial charge in [-0.3, -0.25) is 19.1 Å². The van der Waals surface area contributed by atoms with Gasteiger partial charge in [0.2, 0.25) is 5.91 Å². The van der Waals surface area contributed by atoms with E-state index in [9.17, 15) is 37.5 Å². The highest BCUT2D eigenvalue weighted by atomic mass is 32.2. The van der Waals surface area contributed by atoms with Crippen molar-refractivity contribution in [2.75, 3.05) is 10.0 Å². The van der Waals surface area contributed by atoms with Crippen LogP contribution < -0.4 is 26.6 Å². The highest BCUT2D eigenvalue weighted by Crippen LogP contribution is 2.45. The minimum absolute atomic E-state index is 0.0314. The van der Waals surface area contributed by atoms with Crippen LogP contribution in [-0.4, -0.2) is 51.5 Å². The van der Waals surface area contributed by atoms with E-state index in [1.807, 2.05) is 10.8 Å². The van der Waals surface area contributed by atoms with Crippen molar-refractivity contribution in [1.29, 1.82) is 5.26 Å². The van der Waals surface area contributed by atoms with Crippen LogP contribution in [0.4, 0.5) is 20.2 Å². The van der Waals surface area contributed by atoms with Gasteiger partial charge in [0.05, 0.1) is 22.2 Å². The molecule has 1 saturated carbocycles. The Bertz CT molecular complexity index is 2280. The quantitative estimate of drug-likeness (QED) is 0.177. The van der Waals surface area contributed by atoms with Crippen LogP contribution in [0.25, 0.3) is 5.82 Å². The first-order valence-electron chi connectivity index (χ1n) is 14.7. The molecule has 2 heterocycles. The second kappa shape index (κ2) is 13.4. The summed E-state index contributed by atoms with van der Waals surface area (Å²) >= 11 is 0. The Morgan fingerprint density at radius 3 is 2.34 bits per heavy atom. The van der Waals surface area contributed by atoms with Gasteiger partial charge in [-0.25, -0.2) is 36.3 Å². The van der Waals surface area contributed by atoms with E-state index in [0.29, 0.717) is 25.0 Å². The molecule has 1 atom stereocenters. The van der Waals surface area contributed by atoms with Gasteiger partial charge in [0.1, 0.15) is 28.9 Å². The van der Waals surface area contributed by atoms with Gasteiger partial charge in [0.25, 0.3) is 21.5 Å². The molecule has 4 N–H and O–H groups in total. The zero-order valence-electron chi connectivity index (χ0n) is 26.2. The highest BCUT2D eigenvalue weighted by Gasteiger charge is 2.50. The number of carboxylic acid groups (broad SMARTS) is 1. The number of nitrogens with zero attached hydrogens (tertiary/aromatic N) is 4. The summed E-state index contributed by atoms with van der Waals surface area (Å²) < 4.78 is 59.7. The number of rotatable bonds is 11. The number of amides is 2. The van der Waals surface area contributed by atoms with Crippen LogP contribution >= 0.6 is 0 Å². The lowest BCUT2D eigenvalue weighted by Gasteiger charge is -2.16. The van der Waals surface area contributed by atoms with E-state index in [1.165, 1.54) is 55.2 Å². The first kappa shape index (κ1) is 35.1. The molecule has 1 fully saturated rings. The van der Waals surface area contributed by atoms with E-state index in [2.05, 4.69) is 15.6 Å². The Morgan fingerprint density at radius 2 is 1.76 bits per heavy atom. The topological polar surface area (TPSA) is 222 Å². The van der Waals surface area contributed by atoms with Crippen molar-refractivity contribution in [3.8, 4) is 11.9 Å². The van der Waals surface area contributed by atoms with Crippen LogP contribution in [0.2, 0.25) is 0 Å². The van der Waals surface area contributed by atoms with Crippen LogP contribution in [-0.2, 0) is 33.1 Å². The Hall–Kier alpha value is -6.22. The summed E-state index contributed by atoms with van der Waals surface area (Å²) in [4.78, 5) is 65.7. The van der Waals surface area contributed by atoms with Gasteiger partial charge in [-0.2, -0.15) is 5.26 Å². The summed E-state index contributed by atoms with van der Waals surface area (Å²) in [6.45, 7) is 1.51. The highest BCUT2D eigenvalue weighted by molar-refractivity contribution is 7.92. The number of aryl methyl sites for hydroxylation is 2. The van der Waals surface area contributed by atoms with Crippen molar-refractivity contribution in [1.82, 2.24) is 19.4 Å². The molecule has 0 saturated heterocycles. The monoisotopic (exact) mass is 707 g/mol. The molecule has 0 spiro atoms. The predicted octanol–water partition coefficient (Wildman–Crippen LogP) is 1.99. The van der Waals surface area contributed by atoms with Gasteiger partial charge in [0.15, 0.2) is 0 Å². The van der Waals surface area contributed by atoms with Crippen molar-refractivity contribution >= 4 is 39.2 Å². The molecule has 1 aliphatic rings. The Labute approximate surface area is 281 Å². The number of anilines is 2. The molecule has 4 aromatic rings. The fraction of sp³-hybridized carbons (Fsp3) is 0.219. The molecule has 50 heavy (non-hydrogen) atoms. The van der Waals surface area contributed by atoms with E-state index < -0.39 is 73.4 Å². The minimum atomic E-state index is -4.49. The van der Waals surface area contributed by atoms with E-state index in [-0.39, 0.29) is 33.9 Å². The molecule has 2 aromatic heterocycles. The van der Waals surface area contributed by atoms with E-state index in [0.717, 1.165) is 16.7 Å². The van der Waals surface area contributed by atoms with Gasteiger partial charge in [-0.15, -0.1) is 0 Å². The lowest BCUT2D eigenvalue weighted by molar-refractivity contribution is -0.139. The van der Waals surface area contributed by atoms with Crippen molar-refractivity contribution in [2.24, 2.45) is 12.5 Å². The second-order valence-corrected chi connectivity index (χ2v) is 13.2. The SMILES string of the molecule is Cc1cn(C)c(=O)n(-c2ccc(C[C@H](NC(=O)c3cc(F)c(NS(=O)(=O)c4ccc(NC(=O)C5(C#N)CC5)cc4)cc3F)C(=O)O)cn2)c1=O. The molecule has 5 rings (SSSR count).